The van der Waals surface area contributed by atoms with Crippen molar-refractivity contribution >= 4 is 41.0 Å². The van der Waals surface area contributed by atoms with E-state index in [0.29, 0.717) is 22.1 Å². The minimum atomic E-state index is -0.429. The van der Waals surface area contributed by atoms with Crippen LogP contribution in [0.4, 0.5) is 11.4 Å². The molecule has 128 valence electrons. The van der Waals surface area contributed by atoms with Gasteiger partial charge < -0.3 is 10.1 Å². The number of hydrogen-bond acceptors (Lipinski definition) is 5. The Bertz CT molecular complexity index is 821. The average Bonchev–Trinajstić information content (AvgIpc) is 2.62. The molecule has 0 unspecified atom stereocenters. The van der Waals surface area contributed by atoms with Crippen LogP contribution in [0.5, 0.6) is 5.75 Å². The number of para-hydroxylation sites is 3. The molecule has 0 aromatic heterocycles. The zero-order valence-electron chi connectivity index (χ0n) is 13.4. The molecule has 0 heterocycles. The van der Waals surface area contributed by atoms with Crippen LogP contribution in [-0.2, 0) is 0 Å². The van der Waals surface area contributed by atoms with E-state index in [2.05, 4.69) is 15.8 Å². The number of allylic oxidation sites excluding steroid dienone is 1. The second-order valence-electron chi connectivity index (χ2n) is 4.72. The summed E-state index contributed by atoms with van der Waals surface area (Å²) in [6, 6.07) is 13.8. The number of nitrogens with one attached hydrogen (secondary N) is 2. The second-order valence-corrected chi connectivity index (χ2v) is 5.13. The van der Waals surface area contributed by atoms with Crippen molar-refractivity contribution in [2.75, 3.05) is 12.4 Å². The van der Waals surface area contributed by atoms with Crippen LogP contribution in [0, 0.1) is 10.1 Å². The molecular formula is C17H16N4O3S. The normalized spacial score (nSPS) is 10.8. The summed E-state index contributed by atoms with van der Waals surface area (Å²) < 4.78 is 5.21. The first-order chi connectivity index (χ1) is 12.1. The molecule has 2 aromatic carbocycles. The number of methoxy groups -OCH3 is 1. The molecule has 8 heteroatoms. The molecule has 25 heavy (non-hydrogen) atoms. The van der Waals surface area contributed by atoms with Crippen LogP contribution in [0.25, 0.3) is 6.08 Å². The maximum Gasteiger partial charge on any atom is 0.276 e. The Morgan fingerprint density at radius 2 is 1.96 bits per heavy atom. The van der Waals surface area contributed by atoms with Crippen LogP contribution in [0.3, 0.4) is 0 Å². The Morgan fingerprint density at radius 1 is 1.24 bits per heavy atom. The quantitative estimate of drug-likeness (QED) is 0.356. The minimum Gasteiger partial charge on any atom is -0.495 e. The standard InChI is InChI=1S/C17H16N4O3S/c1-24-16-11-5-3-9-14(16)19-17(25)20-18-12-6-8-13-7-2-4-10-15(13)21(22)23/h2-12H,1H3,(H2,19,20,25)/b8-6+,18-12+. The molecule has 0 saturated carbocycles. The second kappa shape index (κ2) is 9.14. The molecule has 2 aromatic rings. The lowest BCUT2D eigenvalue weighted by molar-refractivity contribution is -0.385. The smallest absolute Gasteiger partial charge is 0.276 e. The molecule has 0 aliphatic rings. The number of nitro benzene ring substituents is 1. The van der Waals surface area contributed by atoms with Gasteiger partial charge in [0.1, 0.15) is 5.75 Å². The van der Waals surface area contributed by atoms with Gasteiger partial charge in [-0.15, -0.1) is 0 Å². The van der Waals surface area contributed by atoms with Gasteiger partial charge in [0.05, 0.1) is 23.3 Å². The lowest BCUT2D eigenvalue weighted by atomic mass is 10.2. The first kappa shape index (κ1) is 18.1. The highest BCUT2D eigenvalue weighted by Crippen LogP contribution is 2.22. The maximum absolute atomic E-state index is 10.9. The highest BCUT2D eigenvalue weighted by atomic mass is 32.1. The van der Waals surface area contributed by atoms with E-state index >= 15 is 0 Å². The molecule has 0 atom stereocenters. The molecule has 0 bridgehead atoms. The van der Waals surface area contributed by atoms with Crippen LogP contribution in [0.2, 0.25) is 0 Å². The van der Waals surface area contributed by atoms with Gasteiger partial charge in [0.2, 0.25) is 0 Å². The number of thiocarbonyl (C=S) groups is 1. The van der Waals surface area contributed by atoms with E-state index in [-0.39, 0.29) is 5.69 Å². The topological polar surface area (TPSA) is 88.8 Å². The van der Waals surface area contributed by atoms with Crippen molar-refractivity contribution in [1.82, 2.24) is 5.43 Å². The largest absolute Gasteiger partial charge is 0.495 e. The number of nitro groups is 1. The Morgan fingerprint density at radius 3 is 2.72 bits per heavy atom. The molecule has 0 fully saturated rings. The summed E-state index contributed by atoms with van der Waals surface area (Å²) in [4.78, 5) is 10.5. The number of hydrogen-bond donors (Lipinski definition) is 2. The predicted octanol–water partition coefficient (Wildman–Crippen LogP) is 3.59. The molecule has 0 spiro atoms. The van der Waals surface area contributed by atoms with Crippen LogP contribution < -0.4 is 15.5 Å². The van der Waals surface area contributed by atoms with E-state index in [1.807, 2.05) is 24.3 Å². The van der Waals surface area contributed by atoms with Gasteiger partial charge in [-0.25, -0.2) is 0 Å². The average molecular weight is 356 g/mol. The van der Waals surface area contributed by atoms with Crippen molar-refractivity contribution in [2.24, 2.45) is 5.10 Å². The Labute approximate surface area is 150 Å². The number of hydrazone groups is 1. The van der Waals surface area contributed by atoms with Crippen LogP contribution in [0.1, 0.15) is 5.56 Å². The van der Waals surface area contributed by atoms with Crippen LogP contribution in [-0.4, -0.2) is 23.4 Å². The number of benzene rings is 2. The van der Waals surface area contributed by atoms with E-state index in [0.717, 1.165) is 0 Å². The molecule has 0 saturated heterocycles. The van der Waals surface area contributed by atoms with E-state index in [1.165, 1.54) is 12.3 Å². The van der Waals surface area contributed by atoms with E-state index in [1.54, 1.807) is 37.5 Å². The molecular weight excluding hydrogens is 340 g/mol. The van der Waals surface area contributed by atoms with Crippen LogP contribution >= 0.6 is 12.2 Å². The van der Waals surface area contributed by atoms with Gasteiger partial charge in [-0.1, -0.05) is 24.3 Å². The van der Waals surface area contributed by atoms with Gasteiger partial charge >= 0.3 is 0 Å². The fourth-order valence-electron chi connectivity index (χ4n) is 1.98. The Hall–Kier alpha value is -3.26. The van der Waals surface area contributed by atoms with Gasteiger partial charge in [-0.05, 0) is 42.6 Å². The van der Waals surface area contributed by atoms with Crippen molar-refractivity contribution in [3.05, 3.63) is 70.3 Å². The fourth-order valence-corrected chi connectivity index (χ4v) is 2.14. The van der Waals surface area contributed by atoms with Crippen molar-refractivity contribution in [2.45, 2.75) is 0 Å². The fraction of sp³-hybridized carbons (Fsp3) is 0.0588. The zero-order chi connectivity index (χ0) is 18.1. The van der Waals surface area contributed by atoms with E-state index in [9.17, 15) is 10.1 Å². The zero-order valence-corrected chi connectivity index (χ0v) is 14.2. The molecule has 0 aliphatic heterocycles. The highest BCUT2D eigenvalue weighted by molar-refractivity contribution is 7.80. The first-order valence-electron chi connectivity index (χ1n) is 7.25. The first-order valence-corrected chi connectivity index (χ1v) is 7.66. The maximum atomic E-state index is 10.9. The van der Waals surface area contributed by atoms with Gasteiger partial charge in [0.25, 0.3) is 5.69 Å². The molecule has 0 radical (unpaired) electrons. The Kier molecular flexibility index (Phi) is 6.61. The van der Waals surface area contributed by atoms with Crippen LogP contribution in [0.15, 0.2) is 59.7 Å². The minimum absolute atomic E-state index is 0.0356. The summed E-state index contributed by atoms with van der Waals surface area (Å²) in [5, 5.41) is 18.1. The summed E-state index contributed by atoms with van der Waals surface area (Å²) in [5.74, 6) is 0.659. The number of nitrogens with zero attached hydrogens (tertiary/aromatic N) is 2. The lowest BCUT2D eigenvalue weighted by Gasteiger charge is -2.10. The van der Waals surface area contributed by atoms with Crippen molar-refractivity contribution in [3.63, 3.8) is 0 Å². The summed E-state index contributed by atoms with van der Waals surface area (Å²) >= 11 is 5.14. The van der Waals surface area contributed by atoms with Gasteiger partial charge in [0, 0.05) is 12.3 Å². The van der Waals surface area contributed by atoms with Gasteiger partial charge in [-0.3, -0.25) is 15.5 Å². The molecule has 7 nitrogen and oxygen atoms in total. The number of rotatable bonds is 6. The monoisotopic (exact) mass is 356 g/mol. The SMILES string of the molecule is COc1ccccc1NC(=S)N/N=C/C=C/c1ccccc1[N+](=O)[O-]. The van der Waals surface area contributed by atoms with Crippen molar-refractivity contribution in [1.29, 1.82) is 0 Å². The third-order valence-corrected chi connectivity index (χ3v) is 3.28. The van der Waals surface area contributed by atoms with Gasteiger partial charge in [-0.2, -0.15) is 5.10 Å². The summed E-state index contributed by atoms with van der Waals surface area (Å²) in [5.41, 5.74) is 3.90. The predicted molar refractivity (Wildman–Crippen MR) is 103 cm³/mol. The third kappa shape index (κ3) is 5.40. The molecule has 0 aliphatic carbocycles. The lowest BCUT2D eigenvalue weighted by Crippen LogP contribution is -2.23. The van der Waals surface area contributed by atoms with E-state index < -0.39 is 4.92 Å². The summed E-state index contributed by atoms with van der Waals surface area (Å²) in [7, 11) is 1.57. The van der Waals surface area contributed by atoms with Crippen molar-refractivity contribution < 1.29 is 9.66 Å². The summed E-state index contributed by atoms with van der Waals surface area (Å²) in [6.07, 6.45) is 4.63. The molecule has 0 amide bonds. The Balaban J connectivity index is 1.91. The summed E-state index contributed by atoms with van der Waals surface area (Å²) in [6.45, 7) is 0. The van der Waals surface area contributed by atoms with Gasteiger partial charge in [0.15, 0.2) is 5.11 Å². The number of ether oxygens (including phenoxy) is 1. The van der Waals surface area contributed by atoms with Crippen molar-refractivity contribution in [3.8, 4) is 5.75 Å². The highest BCUT2D eigenvalue weighted by Gasteiger charge is 2.08. The number of anilines is 1. The third-order valence-electron chi connectivity index (χ3n) is 3.09. The molecule has 2 N–H and O–H groups in total. The molecule has 2 rings (SSSR count). The van der Waals surface area contributed by atoms with E-state index in [4.69, 9.17) is 17.0 Å².